The third kappa shape index (κ3) is 4.08. The molecule has 3 N–H and O–H groups in total. The maximum atomic E-state index is 14.8. The van der Waals surface area contributed by atoms with E-state index in [4.69, 9.17) is 18.9 Å². The summed E-state index contributed by atoms with van der Waals surface area (Å²) in [5.41, 5.74) is -6.38. The van der Waals surface area contributed by atoms with E-state index in [1.54, 1.807) is 39.0 Å². The third-order valence-corrected chi connectivity index (χ3v) is 10.2. The Hall–Kier alpha value is -3.12. The average molecular weight is 587 g/mol. The Morgan fingerprint density at radius 2 is 1.64 bits per heavy atom. The average Bonchev–Trinajstić information content (AvgIpc) is 2.90. The molecule has 0 amide bonds. The zero-order valence-electron chi connectivity index (χ0n) is 24.6. The van der Waals surface area contributed by atoms with Crippen molar-refractivity contribution >= 4 is 23.7 Å². The van der Waals surface area contributed by atoms with Crippen LogP contribution in [0.3, 0.4) is 0 Å². The van der Waals surface area contributed by atoms with Crippen LogP contribution in [0.5, 0.6) is 0 Å². The van der Waals surface area contributed by atoms with Gasteiger partial charge in [-0.3, -0.25) is 14.4 Å². The normalized spacial score (nSPS) is 40.4. The van der Waals surface area contributed by atoms with Crippen molar-refractivity contribution in [3.63, 3.8) is 0 Å². The quantitative estimate of drug-likeness (QED) is 0.267. The summed E-state index contributed by atoms with van der Waals surface area (Å²) in [6, 6.07) is 8.05. The molecular weight excluding hydrogens is 548 g/mol. The van der Waals surface area contributed by atoms with E-state index >= 15 is 0 Å². The van der Waals surface area contributed by atoms with E-state index in [2.05, 4.69) is 0 Å². The standard InChI is InChI=1S/C31H38O11/c1-15-19(34)13-31(38)26(41-27(37)18-10-8-7-9-11-18)24-29(6,20(35)12-21-30(24,14-39-21)42-17(3)33)25(36)23(40-16(2)32)22(15)28(31,4)5/h7-11,19-21,23-24,26,34-35,38H,12-14H2,1-6H3/t19?,20?,21?,23?,24?,26?,29-,30+,31+/m1/s1. The lowest BCUT2D eigenvalue weighted by Crippen LogP contribution is -2.81. The van der Waals surface area contributed by atoms with Gasteiger partial charge in [0, 0.05) is 32.1 Å². The van der Waals surface area contributed by atoms with Gasteiger partial charge >= 0.3 is 17.9 Å². The molecule has 1 aliphatic heterocycles. The second kappa shape index (κ2) is 9.97. The molecule has 0 aromatic heterocycles. The lowest BCUT2D eigenvalue weighted by molar-refractivity contribution is -0.345. The molecule has 0 radical (unpaired) electrons. The van der Waals surface area contributed by atoms with Gasteiger partial charge in [-0.2, -0.15) is 0 Å². The van der Waals surface area contributed by atoms with Crippen LogP contribution in [0, 0.1) is 16.7 Å². The predicted octanol–water partition coefficient (Wildman–Crippen LogP) is 1.65. The highest BCUT2D eigenvalue weighted by Crippen LogP contribution is 2.64. The van der Waals surface area contributed by atoms with E-state index in [1.165, 1.54) is 26.0 Å². The number of carbonyl (C=O) groups is 4. The van der Waals surface area contributed by atoms with Gasteiger partial charge in [-0.1, -0.05) is 32.0 Å². The summed E-state index contributed by atoms with van der Waals surface area (Å²) >= 11 is 0. The van der Waals surface area contributed by atoms with Crippen LogP contribution < -0.4 is 0 Å². The molecule has 228 valence electrons. The Kier molecular flexibility index (Phi) is 7.20. The van der Waals surface area contributed by atoms with Crippen molar-refractivity contribution in [2.75, 3.05) is 6.61 Å². The Bertz CT molecular complexity index is 1350. The maximum absolute atomic E-state index is 14.8. The highest BCUT2D eigenvalue weighted by atomic mass is 16.6. The minimum Gasteiger partial charge on any atom is -0.455 e. The Labute approximate surface area is 243 Å². The van der Waals surface area contributed by atoms with Crippen LogP contribution in [-0.4, -0.2) is 87.3 Å². The molecule has 11 heteroatoms. The van der Waals surface area contributed by atoms with Gasteiger partial charge in [-0.25, -0.2) is 4.79 Å². The van der Waals surface area contributed by atoms with Crippen molar-refractivity contribution < 1.29 is 53.4 Å². The van der Waals surface area contributed by atoms with Crippen LogP contribution in [0.4, 0.5) is 0 Å². The first kappa shape index (κ1) is 30.3. The first-order chi connectivity index (χ1) is 19.5. The van der Waals surface area contributed by atoms with E-state index in [0.29, 0.717) is 5.57 Å². The van der Waals surface area contributed by atoms with Gasteiger partial charge in [0.1, 0.15) is 17.8 Å². The number of benzene rings is 1. The molecule has 3 fully saturated rings. The van der Waals surface area contributed by atoms with Gasteiger partial charge in [0.05, 0.1) is 35.7 Å². The fourth-order valence-corrected chi connectivity index (χ4v) is 7.91. The summed E-state index contributed by atoms with van der Waals surface area (Å²) in [5, 5.41) is 35.8. The van der Waals surface area contributed by atoms with E-state index < -0.39 is 82.2 Å². The highest BCUT2D eigenvalue weighted by Gasteiger charge is 2.78. The van der Waals surface area contributed by atoms with E-state index in [9.17, 15) is 34.5 Å². The molecule has 9 atom stereocenters. The molecule has 2 bridgehead atoms. The van der Waals surface area contributed by atoms with Crippen molar-refractivity contribution in [2.24, 2.45) is 16.7 Å². The van der Waals surface area contributed by atoms with Crippen LogP contribution in [0.2, 0.25) is 0 Å². The number of Topliss-reactive ketones (excluding diaryl/α,β-unsaturated/α-hetero) is 1. The molecule has 1 saturated heterocycles. The molecule has 1 aromatic rings. The summed E-state index contributed by atoms with van der Waals surface area (Å²) < 4.78 is 23.5. The Morgan fingerprint density at radius 1 is 1.00 bits per heavy atom. The van der Waals surface area contributed by atoms with Gasteiger partial charge in [-0.05, 0) is 37.1 Å². The molecule has 5 rings (SSSR count). The molecule has 11 nitrogen and oxygen atoms in total. The minimum absolute atomic E-state index is 0.110. The van der Waals surface area contributed by atoms with Crippen LogP contribution >= 0.6 is 0 Å². The molecule has 1 aromatic carbocycles. The topological polar surface area (TPSA) is 166 Å². The first-order valence-corrected chi connectivity index (χ1v) is 14.1. The number of carbonyl (C=O) groups excluding carboxylic acids is 4. The summed E-state index contributed by atoms with van der Waals surface area (Å²) in [4.78, 5) is 53.4. The monoisotopic (exact) mass is 586 g/mol. The minimum atomic E-state index is -2.11. The lowest BCUT2D eigenvalue weighted by atomic mass is 9.44. The van der Waals surface area contributed by atoms with E-state index in [1.807, 2.05) is 0 Å². The molecule has 2 saturated carbocycles. The van der Waals surface area contributed by atoms with Crippen LogP contribution in [0.25, 0.3) is 0 Å². The molecular formula is C31H38O11. The molecule has 0 spiro atoms. The van der Waals surface area contributed by atoms with Gasteiger partial charge in [-0.15, -0.1) is 0 Å². The first-order valence-electron chi connectivity index (χ1n) is 14.1. The number of hydrogen-bond acceptors (Lipinski definition) is 11. The van der Waals surface area contributed by atoms with Crippen molar-refractivity contribution in [2.45, 2.75) is 96.1 Å². The number of aliphatic hydroxyl groups is 3. The van der Waals surface area contributed by atoms with Crippen molar-refractivity contribution in [3.05, 3.63) is 47.0 Å². The third-order valence-electron chi connectivity index (χ3n) is 10.2. The van der Waals surface area contributed by atoms with Crippen molar-refractivity contribution in [1.82, 2.24) is 0 Å². The van der Waals surface area contributed by atoms with Crippen molar-refractivity contribution in [3.8, 4) is 0 Å². The van der Waals surface area contributed by atoms with E-state index in [-0.39, 0.29) is 30.6 Å². The molecule has 6 unspecified atom stereocenters. The highest BCUT2D eigenvalue weighted by molar-refractivity contribution is 5.95. The number of fused-ring (bicyclic) bond motifs is 5. The Balaban J connectivity index is 1.84. The number of ketones is 1. The fourth-order valence-electron chi connectivity index (χ4n) is 7.91. The zero-order chi connectivity index (χ0) is 31.0. The fraction of sp³-hybridized carbons (Fsp3) is 0.613. The SMILES string of the molecule is CC(=O)OC1C(=O)[C@]2(C)C(O)CC3OC[C@@]3(OC(C)=O)C2C(OC(=O)c2ccccc2)[C@@]2(O)CC(O)C(C)=C1C2(C)C. The zero-order valence-corrected chi connectivity index (χ0v) is 24.6. The Morgan fingerprint density at radius 3 is 2.19 bits per heavy atom. The predicted molar refractivity (Wildman–Crippen MR) is 145 cm³/mol. The second-order valence-electron chi connectivity index (χ2n) is 12.8. The largest absolute Gasteiger partial charge is 0.455 e. The smallest absolute Gasteiger partial charge is 0.338 e. The molecule has 3 aliphatic carbocycles. The number of ether oxygens (including phenoxy) is 4. The number of esters is 3. The number of hydrogen-bond donors (Lipinski definition) is 3. The number of aliphatic hydroxyl groups excluding tert-OH is 2. The van der Waals surface area contributed by atoms with Gasteiger partial charge in [0.25, 0.3) is 0 Å². The maximum Gasteiger partial charge on any atom is 0.338 e. The lowest BCUT2D eigenvalue weighted by Gasteiger charge is -2.67. The summed E-state index contributed by atoms with van der Waals surface area (Å²) in [6.45, 7) is 8.42. The molecule has 42 heavy (non-hydrogen) atoms. The summed E-state index contributed by atoms with van der Waals surface area (Å²) in [6.07, 6.45) is -7.27. The van der Waals surface area contributed by atoms with Gasteiger partial charge in [0.2, 0.25) is 0 Å². The summed E-state index contributed by atoms with van der Waals surface area (Å²) in [5.74, 6) is -4.41. The molecule has 1 heterocycles. The second-order valence-corrected chi connectivity index (χ2v) is 12.8. The van der Waals surface area contributed by atoms with Crippen LogP contribution in [0.15, 0.2) is 41.5 Å². The van der Waals surface area contributed by atoms with Crippen molar-refractivity contribution in [1.29, 1.82) is 0 Å². The van der Waals surface area contributed by atoms with E-state index in [0.717, 1.165) is 6.92 Å². The number of rotatable bonds is 4. The van der Waals surface area contributed by atoms with Crippen LogP contribution in [0.1, 0.15) is 64.7 Å². The molecule has 4 aliphatic rings. The summed E-state index contributed by atoms with van der Waals surface area (Å²) in [7, 11) is 0. The van der Waals surface area contributed by atoms with Gasteiger partial charge in [0.15, 0.2) is 17.5 Å². The van der Waals surface area contributed by atoms with Crippen LogP contribution in [-0.2, 0) is 33.3 Å². The van der Waals surface area contributed by atoms with Gasteiger partial charge < -0.3 is 34.3 Å².